The number of hydrogen-bond donors (Lipinski definition) is 5. The molecule has 15 nitrogen and oxygen atoms in total. The van der Waals surface area contributed by atoms with E-state index in [1.54, 1.807) is 41.5 Å². The predicted octanol–water partition coefficient (Wildman–Crippen LogP) is 5.41. The summed E-state index contributed by atoms with van der Waals surface area (Å²) in [5.74, 6) is -5.89. The number of fused-ring (bicyclic) bond motifs is 10. The number of rotatable bonds is 11. The quantitative estimate of drug-likeness (QED) is 0.0991. The fraction of sp³-hybridized carbons (Fsp3) is 0.720. The normalized spacial score (nSPS) is 46.3. The molecule has 0 heterocycles. The van der Waals surface area contributed by atoms with Crippen LogP contribution in [0.3, 0.4) is 0 Å². The summed E-state index contributed by atoms with van der Waals surface area (Å²) in [4.78, 5) is 82.4. The number of ether oxygens (including phenoxy) is 3. The van der Waals surface area contributed by atoms with Crippen LogP contribution in [0.4, 0.5) is 18.4 Å². The van der Waals surface area contributed by atoms with Crippen LogP contribution in [-0.2, 0) is 38.2 Å². The van der Waals surface area contributed by atoms with E-state index in [0.717, 1.165) is 0 Å². The van der Waals surface area contributed by atoms with Crippen molar-refractivity contribution in [2.45, 2.75) is 147 Å². The molecular formula is C50H65F2NO14. The minimum absolute atomic E-state index is 0.0192. The van der Waals surface area contributed by atoms with Gasteiger partial charge >= 0.3 is 12.2 Å². The summed E-state index contributed by atoms with van der Waals surface area (Å²) in [6.07, 6.45) is 3.83. The topological polar surface area (TPSA) is 232 Å². The summed E-state index contributed by atoms with van der Waals surface area (Å²) in [5, 5.41) is 47.5. The second kappa shape index (κ2) is 16.5. The van der Waals surface area contributed by atoms with Gasteiger partial charge in [0.05, 0.1) is 18.8 Å². The van der Waals surface area contributed by atoms with Gasteiger partial charge in [-0.3, -0.25) is 24.0 Å². The molecular weight excluding hydrogens is 877 g/mol. The molecule has 8 aliphatic rings. The van der Waals surface area contributed by atoms with Crippen molar-refractivity contribution in [1.29, 1.82) is 0 Å². The SMILES string of the molecule is CC(CCONC(=O)OCC(=O)[C@@]1(O)[C@H](C)C[C@H]2[C@@H]3CCC4=CC(=O)C=C[C@]4(C)[C@@]3(F)[C@@H](O)C[C@@]21C)OC(=O)OCC(=O)[C@@]1(O)[C@H](C)C[C@H]2[C@@H]3CCC4=CC(=O)C=C[C@]4(C)[C@@]3(F)[C@@H](O)C[C@@]21C. The molecule has 0 bridgehead atoms. The summed E-state index contributed by atoms with van der Waals surface area (Å²) < 4.78 is 50.5. The second-order valence-electron chi connectivity index (χ2n) is 22.0. The van der Waals surface area contributed by atoms with E-state index in [4.69, 9.17) is 19.0 Å². The maximum Gasteiger partial charge on any atom is 0.508 e. The van der Waals surface area contributed by atoms with Gasteiger partial charge < -0.3 is 34.6 Å². The van der Waals surface area contributed by atoms with Gasteiger partial charge in [0.15, 0.2) is 36.1 Å². The fourth-order valence-electron chi connectivity index (χ4n) is 15.4. The van der Waals surface area contributed by atoms with Crippen LogP contribution < -0.4 is 5.48 Å². The minimum atomic E-state index is -2.15. The number of aliphatic hydroxyl groups excluding tert-OH is 2. The number of nitrogens with one attached hydrogen (secondary N) is 1. The monoisotopic (exact) mass is 941 g/mol. The Morgan fingerprint density at radius 2 is 1.16 bits per heavy atom. The van der Waals surface area contributed by atoms with E-state index < -0.39 is 135 Å². The van der Waals surface area contributed by atoms with Gasteiger partial charge in [0.25, 0.3) is 0 Å². The number of carbonyl (C=O) groups is 6. The lowest BCUT2D eigenvalue weighted by Crippen LogP contribution is -2.69. The summed E-state index contributed by atoms with van der Waals surface area (Å²) in [7, 11) is 0. The zero-order valence-electron chi connectivity index (χ0n) is 39.3. The lowest BCUT2D eigenvalue weighted by atomic mass is 9.44. The average Bonchev–Trinajstić information content (AvgIpc) is 3.59. The van der Waals surface area contributed by atoms with Crippen molar-refractivity contribution in [2.24, 2.45) is 57.2 Å². The molecule has 0 aromatic heterocycles. The zero-order chi connectivity index (χ0) is 49.1. The first kappa shape index (κ1) is 49.3. The number of alkyl halides is 2. The van der Waals surface area contributed by atoms with Crippen molar-refractivity contribution in [2.75, 3.05) is 19.8 Å². The summed E-state index contributed by atoms with van der Waals surface area (Å²) >= 11 is 0. The largest absolute Gasteiger partial charge is 0.508 e. The minimum Gasteiger partial charge on any atom is -0.440 e. The van der Waals surface area contributed by atoms with Gasteiger partial charge in [0.1, 0.15) is 17.3 Å². The smallest absolute Gasteiger partial charge is 0.440 e. The van der Waals surface area contributed by atoms with Crippen LogP contribution in [0.5, 0.6) is 0 Å². The van der Waals surface area contributed by atoms with Crippen molar-refractivity contribution in [3.8, 4) is 0 Å². The van der Waals surface area contributed by atoms with Gasteiger partial charge in [0, 0.05) is 39.9 Å². The number of halogens is 2. The Kier molecular flexibility index (Phi) is 12.1. The van der Waals surface area contributed by atoms with E-state index in [2.05, 4.69) is 0 Å². The van der Waals surface area contributed by atoms with Crippen LogP contribution in [0.1, 0.15) is 106 Å². The molecule has 17 heteroatoms. The fourth-order valence-corrected chi connectivity index (χ4v) is 15.4. The molecule has 1 amide bonds. The van der Waals surface area contributed by atoms with Crippen LogP contribution in [0.25, 0.3) is 0 Å². The molecule has 6 fully saturated rings. The molecule has 0 spiro atoms. The number of carbonyl (C=O) groups excluding carboxylic acids is 6. The highest BCUT2D eigenvalue weighted by atomic mass is 19.1. The Bertz CT molecular complexity index is 2260. The molecule has 6 saturated carbocycles. The molecule has 0 aromatic rings. The van der Waals surface area contributed by atoms with Gasteiger partial charge in [-0.05, 0) is 120 Å². The Balaban J connectivity index is 0.790. The molecule has 0 saturated heterocycles. The van der Waals surface area contributed by atoms with Crippen molar-refractivity contribution in [3.05, 3.63) is 47.6 Å². The van der Waals surface area contributed by atoms with E-state index in [1.165, 1.54) is 43.4 Å². The van der Waals surface area contributed by atoms with Crippen LogP contribution >= 0.6 is 0 Å². The Labute approximate surface area is 388 Å². The Morgan fingerprint density at radius 1 is 0.731 bits per heavy atom. The second-order valence-corrected chi connectivity index (χ2v) is 22.0. The first-order chi connectivity index (χ1) is 31.2. The molecule has 8 rings (SSSR count). The first-order valence-corrected chi connectivity index (χ1v) is 23.7. The van der Waals surface area contributed by atoms with Gasteiger partial charge in [0.2, 0.25) is 11.6 Å². The van der Waals surface area contributed by atoms with E-state index in [0.29, 0.717) is 36.8 Å². The van der Waals surface area contributed by atoms with Gasteiger partial charge in [-0.15, -0.1) is 0 Å². The van der Waals surface area contributed by atoms with Gasteiger partial charge in [-0.25, -0.2) is 18.4 Å². The van der Waals surface area contributed by atoms with E-state index in [1.807, 2.05) is 5.48 Å². The number of ketones is 4. The highest BCUT2D eigenvalue weighted by molar-refractivity contribution is 6.02. The zero-order valence-corrected chi connectivity index (χ0v) is 39.3. The predicted molar refractivity (Wildman–Crippen MR) is 233 cm³/mol. The van der Waals surface area contributed by atoms with Gasteiger partial charge in [-0.2, -0.15) is 5.48 Å². The van der Waals surface area contributed by atoms with Gasteiger partial charge in [-0.1, -0.05) is 51.0 Å². The Morgan fingerprint density at radius 3 is 1.61 bits per heavy atom. The van der Waals surface area contributed by atoms with Crippen LogP contribution in [0.2, 0.25) is 0 Å². The van der Waals surface area contributed by atoms with Crippen molar-refractivity contribution in [1.82, 2.24) is 5.48 Å². The number of hydrogen-bond acceptors (Lipinski definition) is 14. The third kappa shape index (κ3) is 6.77. The molecule has 67 heavy (non-hydrogen) atoms. The maximum absolute atomic E-state index is 17.5. The van der Waals surface area contributed by atoms with E-state index >= 15 is 8.78 Å². The Hall–Kier alpha value is -4.16. The molecule has 17 atom stereocenters. The molecule has 1 unspecified atom stereocenters. The van der Waals surface area contributed by atoms with E-state index in [-0.39, 0.29) is 50.3 Å². The van der Waals surface area contributed by atoms with Crippen molar-refractivity contribution in [3.63, 3.8) is 0 Å². The highest BCUT2D eigenvalue weighted by Gasteiger charge is 2.77. The third-order valence-electron chi connectivity index (χ3n) is 19.0. The van der Waals surface area contributed by atoms with Crippen LogP contribution in [0.15, 0.2) is 47.6 Å². The molecule has 8 aliphatic carbocycles. The first-order valence-electron chi connectivity index (χ1n) is 23.7. The van der Waals surface area contributed by atoms with E-state index in [9.17, 15) is 49.2 Å². The van der Waals surface area contributed by atoms with Crippen molar-refractivity contribution >= 4 is 35.4 Å². The lowest BCUT2D eigenvalue weighted by molar-refractivity contribution is -0.219. The molecule has 0 radical (unpaired) electrons. The lowest BCUT2D eigenvalue weighted by Gasteiger charge is -2.62. The number of allylic oxidation sites excluding steroid dienone is 8. The molecule has 0 aromatic carbocycles. The highest BCUT2D eigenvalue weighted by Crippen LogP contribution is 2.72. The molecule has 368 valence electrons. The third-order valence-corrected chi connectivity index (χ3v) is 19.0. The summed E-state index contributed by atoms with van der Waals surface area (Å²) in [6, 6.07) is 0. The summed E-state index contributed by atoms with van der Waals surface area (Å²) in [6.45, 7) is 9.68. The number of hydroxylamine groups is 1. The number of Topliss-reactive ketones (excluding diaryl/α,β-unsaturated/α-hetero) is 2. The van der Waals surface area contributed by atoms with Crippen LogP contribution in [0, 0.1) is 57.2 Å². The van der Waals surface area contributed by atoms with Crippen LogP contribution in [-0.4, -0.2) is 116 Å². The molecule has 0 aliphatic heterocycles. The standard InChI is InChI=1S/C50H65F2NO14/c1-26-18-35-33-10-8-29-20-31(54)12-15-43(29,4)47(33,51)37(56)22-45(35,6)49(26,62)39(58)24-64-41(60)53-66-17-14-28(3)67-42(61)65-25-40(59)50(63)27(2)19-36-34-11-9-30-21-32(55)13-16-44(30,5)48(34,52)38(57)23-46(36,50)7/h12-13,15-16,20-21,26-28,33-38,56-57,62-63H,8-11,14,17-19,22-25H2,1-7H3,(H,53,60)/t26-,27-,28?,33+,34+,35+,36+,37+,38+,43+,44+,45+,46+,47+,48+,49+,50+/m1/s1. The van der Waals surface area contributed by atoms with Crippen molar-refractivity contribution < 1.29 is 77.0 Å². The molecule has 5 N–H and O–H groups in total. The number of aliphatic hydroxyl groups is 4. The maximum atomic E-state index is 17.5. The summed E-state index contributed by atoms with van der Waals surface area (Å²) in [5.41, 5.74) is -10.2. The average molecular weight is 942 g/mol. The number of amides is 1.